The number of aryl methyl sites for hydroxylation is 3. The molecule has 7 heteroatoms. The van der Waals surface area contributed by atoms with Crippen LogP contribution in [0.4, 0.5) is 0 Å². The minimum atomic E-state index is -3.57. The first-order chi connectivity index (χ1) is 10.3. The number of rotatable bonds is 5. The molecular formula is C15H21N3O3S. The highest BCUT2D eigenvalue weighted by Crippen LogP contribution is 2.28. The highest BCUT2D eigenvalue weighted by molar-refractivity contribution is 7.89. The van der Waals surface area contributed by atoms with Crippen LogP contribution in [0.1, 0.15) is 16.7 Å². The molecule has 1 aromatic heterocycles. The van der Waals surface area contributed by atoms with Gasteiger partial charge in [-0.1, -0.05) is 0 Å². The van der Waals surface area contributed by atoms with Crippen molar-refractivity contribution < 1.29 is 13.2 Å². The highest BCUT2D eigenvalue weighted by Gasteiger charge is 2.25. The van der Waals surface area contributed by atoms with Crippen molar-refractivity contribution in [1.82, 2.24) is 14.1 Å². The molecule has 1 heterocycles. The summed E-state index contributed by atoms with van der Waals surface area (Å²) in [5.41, 5.74) is 2.20. The van der Waals surface area contributed by atoms with E-state index in [1.807, 2.05) is 0 Å². The molecule has 0 bridgehead atoms. The lowest BCUT2D eigenvalue weighted by Crippen LogP contribution is -2.27. The largest absolute Gasteiger partial charge is 0.497 e. The maximum atomic E-state index is 12.8. The van der Waals surface area contributed by atoms with E-state index in [4.69, 9.17) is 4.74 Å². The van der Waals surface area contributed by atoms with Crippen molar-refractivity contribution in [3.05, 3.63) is 41.2 Å². The normalized spacial score (nSPS) is 11.9. The van der Waals surface area contributed by atoms with Gasteiger partial charge in [-0.25, -0.2) is 8.42 Å². The number of hydrogen-bond acceptors (Lipinski definition) is 4. The maximum Gasteiger partial charge on any atom is 0.243 e. The second-order valence-electron chi connectivity index (χ2n) is 5.37. The van der Waals surface area contributed by atoms with E-state index in [0.29, 0.717) is 21.8 Å². The van der Waals surface area contributed by atoms with Crippen LogP contribution >= 0.6 is 0 Å². The lowest BCUT2D eigenvalue weighted by Gasteiger charge is -2.20. The second kappa shape index (κ2) is 6.10. The number of benzene rings is 1. The lowest BCUT2D eigenvalue weighted by molar-refractivity contribution is 0.413. The molecule has 6 nitrogen and oxygen atoms in total. The molecule has 1 aromatic carbocycles. The average molecular weight is 323 g/mol. The Morgan fingerprint density at radius 2 is 1.86 bits per heavy atom. The predicted octanol–water partition coefficient (Wildman–Crippen LogP) is 1.87. The summed E-state index contributed by atoms with van der Waals surface area (Å²) in [6.45, 7) is 3.84. The molecule has 22 heavy (non-hydrogen) atoms. The summed E-state index contributed by atoms with van der Waals surface area (Å²) in [7, 11) is 1.37. The molecule has 0 spiro atoms. The SMILES string of the molecule is COc1cc(C)c(S(=O)(=O)N(C)Cc2cnn(C)c2)c(C)c1. The monoisotopic (exact) mass is 323 g/mol. The van der Waals surface area contributed by atoms with Crippen LogP contribution in [0.25, 0.3) is 0 Å². The van der Waals surface area contributed by atoms with Gasteiger partial charge in [-0.3, -0.25) is 4.68 Å². The summed E-state index contributed by atoms with van der Waals surface area (Å²) in [6, 6.07) is 3.47. The van der Waals surface area contributed by atoms with Gasteiger partial charge in [0.2, 0.25) is 10.0 Å². The van der Waals surface area contributed by atoms with Gasteiger partial charge in [0.05, 0.1) is 18.2 Å². The zero-order chi connectivity index (χ0) is 16.5. The molecule has 0 N–H and O–H groups in total. The van der Waals surface area contributed by atoms with Gasteiger partial charge < -0.3 is 4.74 Å². The molecule has 0 aliphatic carbocycles. The summed E-state index contributed by atoms with van der Waals surface area (Å²) >= 11 is 0. The third-order valence-corrected chi connectivity index (χ3v) is 5.61. The van der Waals surface area contributed by atoms with Crippen LogP contribution < -0.4 is 4.74 Å². The molecule has 0 saturated heterocycles. The van der Waals surface area contributed by atoms with Gasteiger partial charge in [-0.15, -0.1) is 0 Å². The Hall–Kier alpha value is -1.86. The number of hydrogen-bond donors (Lipinski definition) is 0. The van der Waals surface area contributed by atoms with Gasteiger partial charge in [0, 0.05) is 32.4 Å². The number of sulfonamides is 1. The van der Waals surface area contributed by atoms with Crippen LogP contribution in [0.3, 0.4) is 0 Å². The van der Waals surface area contributed by atoms with Gasteiger partial charge in [0.25, 0.3) is 0 Å². The molecule has 120 valence electrons. The number of ether oxygens (including phenoxy) is 1. The molecule has 0 amide bonds. The van der Waals surface area contributed by atoms with Crippen molar-refractivity contribution in [3.63, 3.8) is 0 Å². The highest BCUT2D eigenvalue weighted by atomic mass is 32.2. The minimum Gasteiger partial charge on any atom is -0.497 e. The lowest BCUT2D eigenvalue weighted by atomic mass is 10.1. The van der Waals surface area contributed by atoms with E-state index in [0.717, 1.165) is 5.56 Å². The van der Waals surface area contributed by atoms with Gasteiger partial charge in [0.1, 0.15) is 5.75 Å². The summed E-state index contributed by atoms with van der Waals surface area (Å²) in [5, 5.41) is 4.06. The van der Waals surface area contributed by atoms with E-state index in [1.54, 1.807) is 64.3 Å². The van der Waals surface area contributed by atoms with Crippen LogP contribution in [0.15, 0.2) is 29.4 Å². The average Bonchev–Trinajstić information content (AvgIpc) is 2.82. The Morgan fingerprint density at radius 1 is 1.27 bits per heavy atom. The maximum absolute atomic E-state index is 12.8. The first kappa shape index (κ1) is 16.5. The fourth-order valence-electron chi connectivity index (χ4n) is 2.49. The number of nitrogens with zero attached hydrogens (tertiary/aromatic N) is 3. The Balaban J connectivity index is 2.37. The summed E-state index contributed by atoms with van der Waals surface area (Å²) in [4.78, 5) is 0.333. The molecule has 2 rings (SSSR count). The minimum absolute atomic E-state index is 0.279. The van der Waals surface area contributed by atoms with Crippen LogP contribution in [0.5, 0.6) is 5.75 Å². The Labute approximate surface area is 131 Å². The van der Waals surface area contributed by atoms with Gasteiger partial charge in [-0.05, 0) is 37.1 Å². The van der Waals surface area contributed by atoms with Crippen molar-refractivity contribution in [1.29, 1.82) is 0 Å². The Morgan fingerprint density at radius 3 is 2.32 bits per heavy atom. The van der Waals surface area contributed by atoms with Crippen molar-refractivity contribution in [2.75, 3.05) is 14.2 Å². The van der Waals surface area contributed by atoms with E-state index in [9.17, 15) is 8.42 Å². The third-order valence-electron chi connectivity index (χ3n) is 3.50. The molecular weight excluding hydrogens is 302 g/mol. The Bertz CT molecular complexity index is 758. The molecule has 0 radical (unpaired) electrons. The summed E-state index contributed by atoms with van der Waals surface area (Å²) in [6.07, 6.45) is 3.47. The zero-order valence-corrected chi connectivity index (χ0v) is 14.3. The third kappa shape index (κ3) is 3.15. The van der Waals surface area contributed by atoms with Gasteiger partial charge in [0.15, 0.2) is 0 Å². The van der Waals surface area contributed by atoms with Crippen molar-refractivity contribution >= 4 is 10.0 Å². The molecule has 0 aliphatic rings. The van der Waals surface area contributed by atoms with E-state index in [1.165, 1.54) is 4.31 Å². The number of methoxy groups -OCH3 is 1. The summed E-state index contributed by atoms with van der Waals surface area (Å²) < 4.78 is 33.9. The van der Waals surface area contributed by atoms with E-state index < -0.39 is 10.0 Å². The predicted molar refractivity (Wildman–Crippen MR) is 84.3 cm³/mol. The van der Waals surface area contributed by atoms with E-state index in [-0.39, 0.29) is 6.54 Å². The van der Waals surface area contributed by atoms with Crippen molar-refractivity contribution in [3.8, 4) is 5.75 Å². The fourth-order valence-corrected chi connectivity index (χ4v) is 4.05. The van der Waals surface area contributed by atoms with E-state index >= 15 is 0 Å². The quantitative estimate of drug-likeness (QED) is 0.842. The van der Waals surface area contributed by atoms with Crippen LogP contribution in [0.2, 0.25) is 0 Å². The van der Waals surface area contributed by atoms with Crippen LogP contribution in [0, 0.1) is 13.8 Å². The van der Waals surface area contributed by atoms with Gasteiger partial charge >= 0.3 is 0 Å². The van der Waals surface area contributed by atoms with Gasteiger partial charge in [-0.2, -0.15) is 9.40 Å². The fraction of sp³-hybridized carbons (Fsp3) is 0.400. The molecule has 0 atom stereocenters. The van der Waals surface area contributed by atoms with Crippen molar-refractivity contribution in [2.24, 2.45) is 7.05 Å². The second-order valence-corrected chi connectivity index (χ2v) is 7.36. The Kier molecular flexibility index (Phi) is 4.58. The molecule has 0 unspecified atom stereocenters. The number of aromatic nitrogens is 2. The summed E-state index contributed by atoms with van der Waals surface area (Å²) in [5.74, 6) is 0.656. The first-order valence-electron chi connectivity index (χ1n) is 6.85. The van der Waals surface area contributed by atoms with E-state index in [2.05, 4.69) is 5.10 Å². The molecule has 0 aliphatic heterocycles. The smallest absolute Gasteiger partial charge is 0.243 e. The topological polar surface area (TPSA) is 64.4 Å². The zero-order valence-electron chi connectivity index (χ0n) is 13.5. The van der Waals surface area contributed by atoms with Crippen LogP contribution in [-0.2, 0) is 23.6 Å². The molecule has 2 aromatic rings. The first-order valence-corrected chi connectivity index (χ1v) is 8.29. The van der Waals surface area contributed by atoms with Crippen molar-refractivity contribution in [2.45, 2.75) is 25.3 Å². The standard InChI is InChI=1S/C15H21N3O3S/c1-11-6-14(21-5)7-12(2)15(11)22(19,20)18(4)10-13-8-16-17(3)9-13/h6-9H,10H2,1-5H3. The van der Waals surface area contributed by atoms with Crippen LogP contribution in [-0.4, -0.2) is 36.7 Å². The molecule has 0 saturated carbocycles. The molecule has 0 fully saturated rings.